The first-order valence-electron chi connectivity index (χ1n) is 10.0. The van der Waals surface area contributed by atoms with Gasteiger partial charge in [0.1, 0.15) is 16.5 Å². The van der Waals surface area contributed by atoms with Crippen molar-refractivity contribution in [3.05, 3.63) is 77.9 Å². The number of aryl methyl sites for hydroxylation is 1. The number of aromatic nitrogens is 1. The summed E-state index contributed by atoms with van der Waals surface area (Å²) in [6, 6.07) is 17.5. The Labute approximate surface area is 180 Å². The van der Waals surface area contributed by atoms with Crippen LogP contribution in [0.15, 0.2) is 75.1 Å². The van der Waals surface area contributed by atoms with Crippen molar-refractivity contribution in [3.63, 3.8) is 0 Å². The van der Waals surface area contributed by atoms with Crippen LogP contribution in [0.25, 0.3) is 0 Å². The lowest BCUT2D eigenvalue weighted by atomic mass is 10.1. The molecule has 2 aromatic heterocycles. The Morgan fingerprint density at radius 1 is 1.13 bits per heavy atom. The third kappa shape index (κ3) is 5.11. The van der Waals surface area contributed by atoms with Crippen LogP contribution < -0.4 is 5.32 Å². The lowest BCUT2D eigenvalue weighted by Crippen LogP contribution is -2.43. The van der Waals surface area contributed by atoms with E-state index in [-0.39, 0.29) is 11.9 Å². The van der Waals surface area contributed by atoms with E-state index in [1.54, 1.807) is 12.3 Å². The highest BCUT2D eigenvalue weighted by Crippen LogP contribution is 2.29. The Kier molecular flexibility index (Phi) is 6.84. The first-order chi connectivity index (χ1) is 14.7. The highest BCUT2D eigenvalue weighted by molar-refractivity contribution is 7.99. The second-order valence-electron chi connectivity index (χ2n) is 7.09. The molecule has 0 radical (unpaired) electrons. The van der Waals surface area contributed by atoms with E-state index in [1.807, 2.05) is 55.5 Å². The molecular formula is C23H25N3O3S. The second kappa shape index (κ2) is 9.93. The van der Waals surface area contributed by atoms with E-state index < -0.39 is 0 Å². The van der Waals surface area contributed by atoms with Gasteiger partial charge >= 0.3 is 0 Å². The van der Waals surface area contributed by atoms with Crippen LogP contribution in [0.5, 0.6) is 0 Å². The normalized spacial score (nSPS) is 15.6. The monoisotopic (exact) mass is 423 g/mol. The fourth-order valence-corrected chi connectivity index (χ4v) is 4.36. The van der Waals surface area contributed by atoms with Gasteiger partial charge in [-0.15, -0.1) is 0 Å². The van der Waals surface area contributed by atoms with Gasteiger partial charge in [-0.05, 0) is 43.3 Å². The van der Waals surface area contributed by atoms with E-state index in [0.717, 1.165) is 29.5 Å². The summed E-state index contributed by atoms with van der Waals surface area (Å²) in [5.74, 6) is 1.59. The molecule has 0 spiro atoms. The number of morpholine rings is 1. The number of carbonyl (C=O) groups excluding carboxylic acids is 1. The molecule has 1 aliphatic heterocycles. The van der Waals surface area contributed by atoms with E-state index >= 15 is 0 Å². The van der Waals surface area contributed by atoms with E-state index in [9.17, 15) is 4.79 Å². The standard InChI is InChI=1S/C23H25N3O3S/c1-17-9-10-21(29-17)20(26-12-14-28-15-13-26)16-25-22(27)19-8-5-11-24-23(19)30-18-6-3-2-4-7-18/h2-11,20H,12-16H2,1H3,(H,25,27). The highest BCUT2D eigenvalue weighted by Gasteiger charge is 2.26. The van der Waals surface area contributed by atoms with Crippen molar-refractivity contribution < 1.29 is 13.9 Å². The van der Waals surface area contributed by atoms with Crippen molar-refractivity contribution >= 4 is 17.7 Å². The lowest BCUT2D eigenvalue weighted by Gasteiger charge is -2.33. The molecule has 0 saturated carbocycles. The summed E-state index contributed by atoms with van der Waals surface area (Å²) in [4.78, 5) is 20.8. The molecule has 156 valence electrons. The Morgan fingerprint density at radius 3 is 2.67 bits per heavy atom. The number of nitrogens with zero attached hydrogens (tertiary/aromatic N) is 2. The minimum absolute atomic E-state index is 0.0338. The van der Waals surface area contributed by atoms with Crippen molar-refractivity contribution in [2.45, 2.75) is 22.9 Å². The van der Waals surface area contributed by atoms with E-state index in [0.29, 0.717) is 30.3 Å². The maximum Gasteiger partial charge on any atom is 0.254 e. The summed E-state index contributed by atoms with van der Waals surface area (Å²) in [6.45, 7) is 5.37. The fraction of sp³-hybridized carbons (Fsp3) is 0.304. The average Bonchev–Trinajstić information content (AvgIpc) is 3.21. The van der Waals surface area contributed by atoms with Crippen molar-refractivity contribution in [2.24, 2.45) is 0 Å². The fourth-order valence-electron chi connectivity index (χ4n) is 3.46. The van der Waals surface area contributed by atoms with E-state index in [2.05, 4.69) is 15.2 Å². The Balaban J connectivity index is 1.48. The highest BCUT2D eigenvalue weighted by atomic mass is 32.2. The molecule has 1 N–H and O–H groups in total. The number of hydrogen-bond donors (Lipinski definition) is 1. The van der Waals surface area contributed by atoms with Gasteiger partial charge in [-0.3, -0.25) is 9.69 Å². The molecule has 6 nitrogen and oxygen atoms in total. The summed E-state index contributed by atoms with van der Waals surface area (Å²) in [7, 11) is 0. The summed E-state index contributed by atoms with van der Waals surface area (Å²) >= 11 is 1.49. The van der Waals surface area contributed by atoms with Crippen molar-refractivity contribution in [1.82, 2.24) is 15.2 Å². The topological polar surface area (TPSA) is 67.6 Å². The molecule has 3 aromatic rings. The van der Waals surface area contributed by atoms with Gasteiger partial charge in [0.2, 0.25) is 0 Å². The maximum absolute atomic E-state index is 13.0. The molecule has 1 saturated heterocycles. The van der Waals surface area contributed by atoms with Gasteiger partial charge in [0.25, 0.3) is 5.91 Å². The average molecular weight is 424 g/mol. The van der Waals surface area contributed by atoms with E-state index in [4.69, 9.17) is 9.15 Å². The van der Waals surface area contributed by atoms with Crippen molar-refractivity contribution in [3.8, 4) is 0 Å². The smallest absolute Gasteiger partial charge is 0.254 e. The molecule has 1 unspecified atom stereocenters. The van der Waals surface area contributed by atoms with Crippen LogP contribution in [-0.2, 0) is 4.74 Å². The van der Waals surface area contributed by atoms with Crippen LogP contribution in [0.2, 0.25) is 0 Å². The van der Waals surface area contributed by atoms with Crippen LogP contribution >= 0.6 is 11.8 Å². The van der Waals surface area contributed by atoms with E-state index in [1.165, 1.54) is 11.8 Å². The van der Waals surface area contributed by atoms with Crippen molar-refractivity contribution in [1.29, 1.82) is 0 Å². The van der Waals surface area contributed by atoms with Crippen LogP contribution in [0.4, 0.5) is 0 Å². The number of ether oxygens (including phenoxy) is 1. The van der Waals surface area contributed by atoms with Gasteiger partial charge in [0.15, 0.2) is 0 Å². The summed E-state index contributed by atoms with van der Waals surface area (Å²) in [5, 5.41) is 3.79. The summed E-state index contributed by atoms with van der Waals surface area (Å²) < 4.78 is 11.4. The molecule has 7 heteroatoms. The van der Waals surface area contributed by atoms with Crippen LogP contribution in [0.1, 0.15) is 27.9 Å². The van der Waals surface area contributed by atoms with Crippen LogP contribution in [-0.4, -0.2) is 48.6 Å². The van der Waals surface area contributed by atoms with Crippen molar-refractivity contribution in [2.75, 3.05) is 32.8 Å². The number of rotatable bonds is 7. The van der Waals surface area contributed by atoms with Crippen LogP contribution in [0.3, 0.4) is 0 Å². The summed E-state index contributed by atoms with van der Waals surface area (Å²) in [6.07, 6.45) is 1.71. The quantitative estimate of drug-likeness (QED) is 0.621. The molecule has 30 heavy (non-hydrogen) atoms. The third-order valence-electron chi connectivity index (χ3n) is 5.01. The summed E-state index contributed by atoms with van der Waals surface area (Å²) in [5.41, 5.74) is 0.572. The molecule has 3 heterocycles. The van der Waals surface area contributed by atoms with Gasteiger partial charge in [0.05, 0.1) is 24.8 Å². The first-order valence-corrected chi connectivity index (χ1v) is 10.9. The number of carbonyl (C=O) groups is 1. The molecule has 1 amide bonds. The van der Waals surface area contributed by atoms with Gasteiger partial charge in [-0.25, -0.2) is 4.98 Å². The predicted molar refractivity (Wildman–Crippen MR) is 116 cm³/mol. The number of furan rings is 1. The molecule has 1 atom stereocenters. The van der Waals surface area contributed by atoms with Gasteiger partial charge < -0.3 is 14.5 Å². The number of benzene rings is 1. The van der Waals surface area contributed by atoms with Gasteiger partial charge in [-0.1, -0.05) is 30.0 Å². The Hall–Kier alpha value is -2.61. The number of pyridine rings is 1. The molecule has 4 rings (SSSR count). The SMILES string of the molecule is Cc1ccc(C(CNC(=O)c2cccnc2Sc2ccccc2)N2CCOCC2)o1. The molecule has 1 aromatic carbocycles. The maximum atomic E-state index is 13.0. The molecule has 1 aliphatic rings. The van der Waals surface area contributed by atoms with Gasteiger partial charge in [0, 0.05) is 30.7 Å². The largest absolute Gasteiger partial charge is 0.465 e. The predicted octanol–water partition coefficient (Wildman–Crippen LogP) is 3.94. The number of hydrogen-bond acceptors (Lipinski definition) is 6. The third-order valence-corrected chi connectivity index (χ3v) is 6.03. The minimum atomic E-state index is -0.136. The lowest BCUT2D eigenvalue weighted by molar-refractivity contribution is 0.0117. The number of nitrogens with one attached hydrogen (secondary N) is 1. The second-order valence-corrected chi connectivity index (χ2v) is 8.16. The molecule has 1 fully saturated rings. The van der Waals surface area contributed by atoms with Crippen LogP contribution in [0, 0.1) is 6.92 Å². The molecular weight excluding hydrogens is 398 g/mol. The Morgan fingerprint density at radius 2 is 1.93 bits per heavy atom. The minimum Gasteiger partial charge on any atom is -0.465 e. The first kappa shape index (κ1) is 20.7. The molecule has 0 aliphatic carbocycles. The zero-order chi connectivity index (χ0) is 20.8. The molecule has 0 bridgehead atoms. The zero-order valence-electron chi connectivity index (χ0n) is 16.9. The Bertz CT molecular complexity index is 971. The number of amides is 1. The zero-order valence-corrected chi connectivity index (χ0v) is 17.7. The van der Waals surface area contributed by atoms with Gasteiger partial charge in [-0.2, -0.15) is 0 Å².